The maximum absolute atomic E-state index is 12.8. The number of phenols is 1. The highest BCUT2D eigenvalue weighted by atomic mass is 16.3. The zero-order valence-corrected chi connectivity index (χ0v) is 17.0. The van der Waals surface area contributed by atoms with Gasteiger partial charge in [-0.1, -0.05) is 40.5 Å². The van der Waals surface area contributed by atoms with Crippen molar-refractivity contribution < 1.29 is 9.90 Å². The van der Waals surface area contributed by atoms with Gasteiger partial charge in [0.1, 0.15) is 22.8 Å². The molecule has 3 rings (SSSR count). The number of nitrogens with one attached hydrogen (secondary N) is 3. The number of benzene rings is 1. The Bertz CT molecular complexity index is 948. The van der Waals surface area contributed by atoms with Gasteiger partial charge in [-0.2, -0.15) is 9.61 Å². The maximum atomic E-state index is 12.8. The van der Waals surface area contributed by atoms with E-state index in [2.05, 4.69) is 48.4 Å². The van der Waals surface area contributed by atoms with Crippen molar-refractivity contribution in [2.24, 2.45) is 0 Å². The number of H-pyrrole nitrogens is 1. The minimum atomic E-state index is -0.250. The monoisotopic (exact) mass is 383 g/mol. The summed E-state index contributed by atoms with van der Waals surface area (Å²) in [4.78, 5) is 16.2. The van der Waals surface area contributed by atoms with Crippen LogP contribution in [0.25, 0.3) is 5.65 Å². The number of hydrogen-bond donors (Lipinski definition) is 4. The number of fused-ring (bicyclic) bond motifs is 1. The minimum Gasteiger partial charge on any atom is -0.508 e. The first kappa shape index (κ1) is 19.8. The number of aromatic nitrogens is 3. The summed E-state index contributed by atoms with van der Waals surface area (Å²) in [5.74, 6) is 0.811. The molecule has 0 saturated carbocycles. The van der Waals surface area contributed by atoms with E-state index >= 15 is 0 Å². The first-order chi connectivity index (χ1) is 13.3. The van der Waals surface area contributed by atoms with E-state index in [9.17, 15) is 9.90 Å². The highest BCUT2D eigenvalue weighted by Crippen LogP contribution is 2.31. The Hall–Kier alpha value is -2.96. The molecule has 0 saturated heterocycles. The Morgan fingerprint density at radius 2 is 1.93 bits per heavy atom. The molecule has 0 radical (unpaired) electrons. The summed E-state index contributed by atoms with van der Waals surface area (Å²) >= 11 is 0. The lowest BCUT2D eigenvalue weighted by Crippen LogP contribution is -2.16. The van der Waals surface area contributed by atoms with E-state index in [1.165, 1.54) is 25.0 Å². The second-order valence-electron chi connectivity index (χ2n) is 8.05. The molecule has 0 fully saturated rings. The van der Waals surface area contributed by atoms with Crippen LogP contribution >= 0.6 is 0 Å². The van der Waals surface area contributed by atoms with E-state index in [4.69, 9.17) is 0 Å². The molecule has 150 valence electrons. The fourth-order valence-electron chi connectivity index (χ4n) is 3.12. The third kappa shape index (κ3) is 4.13. The van der Waals surface area contributed by atoms with Crippen molar-refractivity contribution in [3.05, 3.63) is 41.7 Å². The number of aromatic hydroxyl groups is 1. The highest BCUT2D eigenvalue weighted by Gasteiger charge is 2.26. The summed E-state index contributed by atoms with van der Waals surface area (Å²) in [6.45, 7) is 9.43. The second-order valence-corrected chi connectivity index (χ2v) is 8.05. The smallest absolute Gasteiger partial charge is 0.261 e. The molecule has 28 heavy (non-hydrogen) atoms. The summed E-state index contributed by atoms with van der Waals surface area (Å²) in [5.41, 5.74) is 2.64. The van der Waals surface area contributed by atoms with Gasteiger partial charge in [0.25, 0.3) is 5.91 Å². The van der Waals surface area contributed by atoms with Crippen LogP contribution in [-0.2, 0) is 5.41 Å². The molecule has 7 heteroatoms. The average molecular weight is 383 g/mol. The standard InChI is InChI=1S/C21H29N5O2/c1-5-6-7-12-22-19-17(21(2,3)4)25-18-16(13-23-26(18)19)20(28)24-14-8-10-15(27)11-9-14/h8-11,13,22,25,27H,5-7,12H2,1-4H3,(H,24,28). The van der Waals surface area contributed by atoms with Crippen LogP contribution in [0.1, 0.15) is 63.0 Å². The number of phenolic OH excluding ortho intramolecular Hbond substituents is 1. The number of imidazole rings is 1. The van der Waals surface area contributed by atoms with Crippen LogP contribution in [0.2, 0.25) is 0 Å². The summed E-state index contributed by atoms with van der Waals surface area (Å²) in [6, 6.07) is 6.38. The van der Waals surface area contributed by atoms with Gasteiger partial charge in [0.15, 0.2) is 0 Å². The third-order valence-corrected chi connectivity index (χ3v) is 4.65. The number of carbonyl (C=O) groups is 1. The van der Waals surface area contributed by atoms with Gasteiger partial charge in [-0.05, 0) is 30.7 Å². The Morgan fingerprint density at radius 1 is 1.21 bits per heavy atom. The highest BCUT2D eigenvalue weighted by molar-refractivity contribution is 6.08. The molecular weight excluding hydrogens is 354 g/mol. The quantitative estimate of drug-likeness (QED) is 0.356. The number of carbonyl (C=O) groups excluding carboxylic acids is 1. The number of aromatic amines is 1. The first-order valence-corrected chi connectivity index (χ1v) is 9.75. The van der Waals surface area contributed by atoms with E-state index in [0.717, 1.165) is 24.5 Å². The molecule has 2 aromatic heterocycles. The molecule has 0 spiro atoms. The lowest BCUT2D eigenvalue weighted by atomic mass is 9.92. The number of hydrogen-bond acceptors (Lipinski definition) is 4. The Balaban J connectivity index is 1.91. The predicted molar refractivity (Wildman–Crippen MR) is 112 cm³/mol. The third-order valence-electron chi connectivity index (χ3n) is 4.65. The zero-order valence-electron chi connectivity index (χ0n) is 17.0. The van der Waals surface area contributed by atoms with Gasteiger partial charge in [0.2, 0.25) is 0 Å². The molecule has 0 atom stereocenters. The molecule has 0 aliphatic carbocycles. The lowest BCUT2D eigenvalue weighted by Gasteiger charge is -2.19. The van der Waals surface area contributed by atoms with Crippen LogP contribution in [0.15, 0.2) is 30.5 Å². The molecule has 4 N–H and O–H groups in total. The van der Waals surface area contributed by atoms with Crippen LogP contribution in [0.4, 0.5) is 11.5 Å². The summed E-state index contributed by atoms with van der Waals surface area (Å²) in [7, 11) is 0. The molecule has 7 nitrogen and oxygen atoms in total. The van der Waals surface area contributed by atoms with E-state index < -0.39 is 0 Å². The van der Waals surface area contributed by atoms with Gasteiger partial charge < -0.3 is 20.7 Å². The fourth-order valence-corrected chi connectivity index (χ4v) is 3.12. The summed E-state index contributed by atoms with van der Waals surface area (Å²) in [5, 5.41) is 20.2. The number of anilines is 2. The van der Waals surface area contributed by atoms with Crippen LogP contribution in [0, 0.1) is 0 Å². The predicted octanol–water partition coefficient (Wildman–Crippen LogP) is 4.52. The van der Waals surface area contributed by atoms with E-state index in [0.29, 0.717) is 16.9 Å². The van der Waals surface area contributed by atoms with Gasteiger partial charge in [0, 0.05) is 17.6 Å². The van der Waals surface area contributed by atoms with Gasteiger partial charge in [-0.25, -0.2) is 0 Å². The zero-order chi connectivity index (χ0) is 20.3. The number of unbranched alkanes of at least 4 members (excludes halogenated alkanes) is 2. The van der Waals surface area contributed by atoms with E-state index in [1.54, 1.807) is 22.8 Å². The normalized spacial score (nSPS) is 11.7. The Kier molecular flexibility index (Phi) is 5.63. The number of nitrogens with zero attached hydrogens (tertiary/aromatic N) is 2. The molecule has 3 aromatic rings. The molecule has 0 aliphatic heterocycles. The van der Waals surface area contributed by atoms with Crippen LogP contribution < -0.4 is 10.6 Å². The van der Waals surface area contributed by atoms with Crippen molar-refractivity contribution in [1.29, 1.82) is 0 Å². The Labute approximate surface area is 165 Å². The first-order valence-electron chi connectivity index (χ1n) is 9.75. The van der Waals surface area contributed by atoms with Gasteiger partial charge in [-0.15, -0.1) is 0 Å². The van der Waals surface area contributed by atoms with Crippen molar-refractivity contribution in [2.45, 2.75) is 52.4 Å². The van der Waals surface area contributed by atoms with Crippen molar-refractivity contribution in [1.82, 2.24) is 14.6 Å². The largest absolute Gasteiger partial charge is 0.508 e. The summed E-state index contributed by atoms with van der Waals surface area (Å²) < 4.78 is 1.78. The molecular formula is C21H29N5O2. The molecule has 0 unspecified atom stereocenters. The molecule has 1 aromatic carbocycles. The molecule has 2 heterocycles. The van der Waals surface area contributed by atoms with E-state index in [-0.39, 0.29) is 17.1 Å². The van der Waals surface area contributed by atoms with Crippen LogP contribution in [0.5, 0.6) is 5.75 Å². The molecule has 0 aliphatic rings. The van der Waals surface area contributed by atoms with E-state index in [1.807, 2.05) is 0 Å². The summed E-state index contributed by atoms with van der Waals surface area (Å²) in [6.07, 6.45) is 5.00. The lowest BCUT2D eigenvalue weighted by molar-refractivity contribution is 0.102. The average Bonchev–Trinajstić information content (AvgIpc) is 3.20. The van der Waals surface area contributed by atoms with Crippen molar-refractivity contribution >= 4 is 23.1 Å². The minimum absolute atomic E-state index is 0.126. The van der Waals surface area contributed by atoms with Crippen molar-refractivity contribution in [3.8, 4) is 5.75 Å². The Morgan fingerprint density at radius 3 is 2.57 bits per heavy atom. The maximum Gasteiger partial charge on any atom is 0.261 e. The molecule has 0 bridgehead atoms. The molecule has 1 amide bonds. The SMILES string of the molecule is CCCCCNc1c(C(C)(C)C)[nH]c2c(C(=O)Nc3ccc(O)cc3)cnn12. The van der Waals surface area contributed by atoms with Gasteiger partial charge in [-0.3, -0.25) is 4.79 Å². The van der Waals surface area contributed by atoms with Gasteiger partial charge in [0.05, 0.1) is 11.9 Å². The number of amides is 1. The number of rotatable bonds is 7. The van der Waals surface area contributed by atoms with Crippen molar-refractivity contribution in [2.75, 3.05) is 17.2 Å². The fraction of sp³-hybridized carbons (Fsp3) is 0.429. The second kappa shape index (κ2) is 7.96. The van der Waals surface area contributed by atoms with Crippen molar-refractivity contribution in [3.63, 3.8) is 0 Å². The van der Waals surface area contributed by atoms with Gasteiger partial charge >= 0.3 is 0 Å². The topological polar surface area (TPSA) is 94.5 Å². The van der Waals surface area contributed by atoms with Crippen LogP contribution in [-0.4, -0.2) is 32.2 Å². The van der Waals surface area contributed by atoms with Crippen LogP contribution in [0.3, 0.4) is 0 Å².